The topological polar surface area (TPSA) is 49.8 Å². The highest BCUT2D eigenvalue weighted by molar-refractivity contribution is 9.10. The number of halogens is 1. The van der Waals surface area contributed by atoms with Crippen molar-refractivity contribution in [2.75, 3.05) is 4.90 Å². The van der Waals surface area contributed by atoms with E-state index in [1.54, 1.807) is 4.90 Å². The summed E-state index contributed by atoms with van der Waals surface area (Å²) in [6.07, 6.45) is -1.08. The Kier molecular flexibility index (Phi) is 4.97. The molecule has 5 heteroatoms. The van der Waals surface area contributed by atoms with Crippen molar-refractivity contribution in [1.29, 1.82) is 0 Å². The van der Waals surface area contributed by atoms with Crippen LogP contribution in [-0.2, 0) is 11.4 Å². The van der Waals surface area contributed by atoms with Crippen molar-refractivity contribution in [3.05, 3.63) is 94.5 Å². The van der Waals surface area contributed by atoms with E-state index < -0.39 is 12.1 Å². The molecule has 27 heavy (non-hydrogen) atoms. The van der Waals surface area contributed by atoms with Crippen LogP contribution in [0.5, 0.6) is 5.75 Å². The summed E-state index contributed by atoms with van der Waals surface area (Å²) in [5.74, 6) is 0.342. The SMILES string of the molecule is O=C1[C@@H](O)[C@@H](c2ccc(Br)cc2OCc2ccccc2)N1c1ccccc1. The van der Waals surface area contributed by atoms with Crippen molar-refractivity contribution in [1.82, 2.24) is 0 Å². The summed E-state index contributed by atoms with van der Waals surface area (Å²) in [7, 11) is 0. The van der Waals surface area contributed by atoms with Gasteiger partial charge in [0.1, 0.15) is 18.4 Å². The molecule has 1 aliphatic heterocycles. The first kappa shape index (κ1) is 17.8. The summed E-state index contributed by atoms with van der Waals surface area (Å²) in [5.41, 5.74) is 2.59. The number of aliphatic hydroxyl groups is 1. The normalized spacial score (nSPS) is 18.9. The van der Waals surface area contributed by atoms with E-state index in [4.69, 9.17) is 4.74 Å². The molecule has 4 nitrogen and oxygen atoms in total. The molecular weight excluding hydrogens is 406 g/mol. The number of ether oxygens (including phenoxy) is 1. The van der Waals surface area contributed by atoms with Gasteiger partial charge in [0, 0.05) is 15.7 Å². The highest BCUT2D eigenvalue weighted by Crippen LogP contribution is 2.43. The van der Waals surface area contributed by atoms with Crippen LogP contribution < -0.4 is 9.64 Å². The average Bonchev–Trinajstić information content (AvgIpc) is 2.71. The van der Waals surface area contributed by atoms with Crippen molar-refractivity contribution in [3.8, 4) is 5.75 Å². The predicted octanol–water partition coefficient (Wildman–Crippen LogP) is 4.48. The van der Waals surface area contributed by atoms with Gasteiger partial charge in [0.15, 0.2) is 6.10 Å². The second-order valence-electron chi connectivity index (χ2n) is 6.39. The van der Waals surface area contributed by atoms with Crippen LogP contribution in [0.4, 0.5) is 5.69 Å². The minimum atomic E-state index is -1.08. The molecule has 3 aromatic carbocycles. The molecular formula is C22H18BrNO3. The summed E-state index contributed by atoms with van der Waals surface area (Å²) in [4.78, 5) is 13.9. The molecule has 1 fully saturated rings. The van der Waals surface area contributed by atoms with Gasteiger partial charge in [0.2, 0.25) is 0 Å². The van der Waals surface area contributed by atoms with Crippen molar-refractivity contribution in [3.63, 3.8) is 0 Å². The predicted molar refractivity (Wildman–Crippen MR) is 108 cm³/mol. The van der Waals surface area contributed by atoms with Crippen molar-refractivity contribution in [2.24, 2.45) is 0 Å². The Balaban J connectivity index is 1.65. The second-order valence-corrected chi connectivity index (χ2v) is 7.31. The molecule has 1 saturated heterocycles. The highest BCUT2D eigenvalue weighted by Gasteiger charge is 2.49. The van der Waals surface area contributed by atoms with Crippen LogP contribution in [0.15, 0.2) is 83.3 Å². The molecule has 0 bridgehead atoms. The molecule has 136 valence electrons. The Labute approximate surface area is 166 Å². The van der Waals surface area contributed by atoms with Gasteiger partial charge in [-0.05, 0) is 29.8 Å². The zero-order valence-electron chi connectivity index (χ0n) is 14.5. The van der Waals surface area contributed by atoms with Crippen LogP contribution in [0.1, 0.15) is 17.2 Å². The van der Waals surface area contributed by atoms with Crippen molar-refractivity contribution in [2.45, 2.75) is 18.8 Å². The molecule has 1 N–H and O–H groups in total. The lowest BCUT2D eigenvalue weighted by Gasteiger charge is -2.45. The number of β-lactam (4-membered cyclic amide) rings is 1. The molecule has 1 heterocycles. The van der Waals surface area contributed by atoms with Gasteiger partial charge in [0.05, 0.1) is 0 Å². The molecule has 3 aromatic rings. The van der Waals surface area contributed by atoms with E-state index >= 15 is 0 Å². The van der Waals surface area contributed by atoms with E-state index in [-0.39, 0.29) is 5.91 Å². The van der Waals surface area contributed by atoms with Crippen LogP contribution in [0.2, 0.25) is 0 Å². The molecule has 1 amide bonds. The maximum atomic E-state index is 12.3. The van der Waals surface area contributed by atoms with Gasteiger partial charge in [-0.15, -0.1) is 0 Å². The van der Waals surface area contributed by atoms with Crippen LogP contribution in [0.3, 0.4) is 0 Å². The third-order valence-electron chi connectivity index (χ3n) is 4.63. The molecule has 2 atom stereocenters. The lowest BCUT2D eigenvalue weighted by molar-refractivity contribution is -0.137. The molecule has 1 aliphatic rings. The second kappa shape index (κ2) is 7.55. The molecule has 0 saturated carbocycles. The number of carbonyl (C=O) groups excluding carboxylic acids is 1. The van der Waals surface area contributed by atoms with Gasteiger partial charge in [-0.25, -0.2) is 0 Å². The number of hydrogen-bond donors (Lipinski definition) is 1. The Bertz CT molecular complexity index is 946. The van der Waals surface area contributed by atoms with E-state index in [1.165, 1.54) is 0 Å². The van der Waals surface area contributed by atoms with Crippen LogP contribution in [-0.4, -0.2) is 17.1 Å². The zero-order chi connectivity index (χ0) is 18.8. The van der Waals surface area contributed by atoms with Crippen LogP contribution in [0.25, 0.3) is 0 Å². The highest BCUT2D eigenvalue weighted by atomic mass is 79.9. The summed E-state index contributed by atoms with van der Waals surface area (Å²) in [6.45, 7) is 0.409. The van der Waals surface area contributed by atoms with Gasteiger partial charge in [0.25, 0.3) is 5.91 Å². The van der Waals surface area contributed by atoms with Gasteiger partial charge in [-0.1, -0.05) is 70.5 Å². The summed E-state index contributed by atoms with van der Waals surface area (Å²) < 4.78 is 6.93. The van der Waals surface area contributed by atoms with Crippen molar-refractivity contribution >= 4 is 27.5 Å². The van der Waals surface area contributed by atoms with Gasteiger partial charge in [-0.3, -0.25) is 9.69 Å². The maximum absolute atomic E-state index is 12.3. The quantitative estimate of drug-likeness (QED) is 0.615. The number of benzene rings is 3. The zero-order valence-corrected chi connectivity index (χ0v) is 16.0. The van der Waals surface area contributed by atoms with Crippen LogP contribution >= 0.6 is 15.9 Å². The largest absolute Gasteiger partial charge is 0.488 e. The Morgan fingerprint density at radius 3 is 2.33 bits per heavy atom. The molecule has 0 aromatic heterocycles. The first-order valence-corrected chi connectivity index (χ1v) is 9.47. The Morgan fingerprint density at radius 1 is 0.963 bits per heavy atom. The summed E-state index contributed by atoms with van der Waals surface area (Å²) in [5, 5.41) is 10.4. The molecule has 4 rings (SSSR count). The average molecular weight is 424 g/mol. The Hall–Kier alpha value is -2.63. The monoisotopic (exact) mass is 423 g/mol. The number of hydrogen-bond acceptors (Lipinski definition) is 3. The molecule has 0 spiro atoms. The van der Waals surface area contributed by atoms with Crippen LogP contribution in [0, 0.1) is 0 Å². The number of amides is 1. The van der Waals surface area contributed by atoms with Gasteiger partial charge in [-0.2, -0.15) is 0 Å². The maximum Gasteiger partial charge on any atom is 0.259 e. The third kappa shape index (κ3) is 3.48. The minimum absolute atomic E-state index is 0.303. The third-order valence-corrected chi connectivity index (χ3v) is 5.13. The van der Waals surface area contributed by atoms with Gasteiger partial charge >= 0.3 is 0 Å². The van der Waals surface area contributed by atoms with E-state index in [9.17, 15) is 9.90 Å². The van der Waals surface area contributed by atoms with E-state index in [0.29, 0.717) is 12.4 Å². The lowest BCUT2D eigenvalue weighted by Crippen LogP contribution is -2.59. The smallest absolute Gasteiger partial charge is 0.259 e. The fourth-order valence-corrected chi connectivity index (χ4v) is 3.61. The number of aliphatic hydroxyl groups excluding tert-OH is 1. The molecule has 0 unspecified atom stereocenters. The number of anilines is 1. The standard InChI is InChI=1S/C22H18BrNO3/c23-16-11-12-18(19(13-16)27-14-15-7-3-1-4-8-15)20-21(25)22(26)24(20)17-9-5-2-6-10-17/h1-13,20-21,25H,14H2/t20-,21+/m1/s1. The Morgan fingerprint density at radius 2 is 1.63 bits per heavy atom. The summed E-state index contributed by atoms with van der Waals surface area (Å²) in [6, 6.07) is 24.4. The molecule has 0 radical (unpaired) electrons. The van der Waals surface area contributed by atoms with E-state index in [2.05, 4.69) is 15.9 Å². The summed E-state index contributed by atoms with van der Waals surface area (Å²) >= 11 is 3.48. The van der Waals surface area contributed by atoms with Gasteiger partial charge < -0.3 is 9.84 Å². The number of carbonyl (C=O) groups is 1. The fraction of sp³-hybridized carbons (Fsp3) is 0.136. The number of rotatable bonds is 5. The fourth-order valence-electron chi connectivity index (χ4n) is 3.27. The number of para-hydroxylation sites is 1. The molecule has 0 aliphatic carbocycles. The number of nitrogens with zero attached hydrogens (tertiary/aromatic N) is 1. The van der Waals surface area contributed by atoms with E-state index in [1.807, 2.05) is 78.9 Å². The van der Waals surface area contributed by atoms with E-state index in [0.717, 1.165) is 21.3 Å². The lowest BCUT2D eigenvalue weighted by atomic mass is 9.89. The minimum Gasteiger partial charge on any atom is -0.488 e. The van der Waals surface area contributed by atoms with Crippen molar-refractivity contribution < 1.29 is 14.6 Å². The first-order valence-electron chi connectivity index (χ1n) is 8.67. The first-order chi connectivity index (χ1) is 13.1.